The highest BCUT2D eigenvalue weighted by atomic mass is 16.5. The van der Waals surface area contributed by atoms with Crippen molar-refractivity contribution in [2.75, 3.05) is 6.61 Å². The lowest BCUT2D eigenvalue weighted by atomic mass is 10.2. The lowest BCUT2D eigenvalue weighted by molar-refractivity contribution is 0.0697. The molecule has 1 aromatic carbocycles. The van der Waals surface area contributed by atoms with E-state index in [0.717, 1.165) is 31.5 Å². The summed E-state index contributed by atoms with van der Waals surface area (Å²) >= 11 is 0. The summed E-state index contributed by atoms with van der Waals surface area (Å²) in [4.78, 5) is 15.5. The van der Waals surface area contributed by atoms with E-state index in [1.165, 1.54) is 0 Å². The number of ether oxygens (including phenoxy) is 1. The minimum absolute atomic E-state index is 0.252. The van der Waals surface area contributed by atoms with Crippen LogP contribution < -0.4 is 0 Å². The van der Waals surface area contributed by atoms with Gasteiger partial charge in [-0.3, -0.25) is 0 Å². The molecule has 2 rings (SSSR count). The number of imidazole rings is 1. The van der Waals surface area contributed by atoms with Crippen LogP contribution in [0.2, 0.25) is 0 Å². The first-order valence-corrected chi connectivity index (χ1v) is 6.88. The molecule has 20 heavy (non-hydrogen) atoms. The normalized spacial score (nSPS) is 11.3. The van der Waals surface area contributed by atoms with Crippen LogP contribution >= 0.6 is 0 Å². The van der Waals surface area contributed by atoms with Gasteiger partial charge in [-0.2, -0.15) is 0 Å². The van der Waals surface area contributed by atoms with E-state index >= 15 is 0 Å². The minimum atomic E-state index is -0.916. The molecule has 0 unspecified atom stereocenters. The number of rotatable bonds is 7. The summed E-state index contributed by atoms with van der Waals surface area (Å²) in [5.74, 6) is -0.916. The van der Waals surface area contributed by atoms with Crippen LogP contribution in [0, 0.1) is 0 Å². The van der Waals surface area contributed by atoms with Crippen LogP contribution in [0.3, 0.4) is 0 Å². The zero-order valence-corrected chi connectivity index (χ0v) is 11.9. The van der Waals surface area contributed by atoms with Crippen molar-refractivity contribution >= 4 is 17.0 Å². The lowest BCUT2D eigenvalue weighted by Gasteiger charge is -2.08. The van der Waals surface area contributed by atoms with Crippen LogP contribution in [0.4, 0.5) is 0 Å². The highest BCUT2D eigenvalue weighted by molar-refractivity contribution is 6.01. The molecule has 0 aliphatic heterocycles. The molecule has 2 aromatic rings. The topological polar surface area (TPSA) is 64.4 Å². The van der Waals surface area contributed by atoms with Gasteiger partial charge in [0, 0.05) is 13.2 Å². The van der Waals surface area contributed by atoms with Crippen molar-refractivity contribution in [3.63, 3.8) is 0 Å². The second-order valence-electron chi connectivity index (χ2n) is 5.04. The fourth-order valence-corrected chi connectivity index (χ4v) is 2.17. The zero-order chi connectivity index (χ0) is 14.5. The van der Waals surface area contributed by atoms with Crippen molar-refractivity contribution in [1.29, 1.82) is 0 Å². The van der Waals surface area contributed by atoms with Crippen molar-refractivity contribution in [2.45, 2.75) is 39.3 Å². The van der Waals surface area contributed by atoms with Crippen molar-refractivity contribution in [3.8, 4) is 0 Å². The second kappa shape index (κ2) is 6.52. The molecule has 1 N–H and O–H groups in total. The molecule has 0 saturated carbocycles. The average Bonchev–Trinajstić information content (AvgIpc) is 2.81. The first-order chi connectivity index (χ1) is 9.59. The van der Waals surface area contributed by atoms with Crippen LogP contribution in [-0.2, 0) is 11.3 Å². The standard InChI is InChI=1S/C15H20N2O3/c1-11(2)20-9-4-3-8-17-10-16-13-7-5-6-12(14(13)17)15(18)19/h5-7,10-11H,3-4,8-9H2,1-2H3,(H,18,19). The number of para-hydroxylation sites is 1. The van der Waals surface area contributed by atoms with E-state index in [1.807, 2.05) is 24.5 Å². The zero-order valence-electron chi connectivity index (χ0n) is 11.9. The van der Waals surface area contributed by atoms with Crippen LogP contribution in [0.15, 0.2) is 24.5 Å². The molecule has 0 aliphatic rings. The maximum atomic E-state index is 11.3. The molecule has 1 aromatic heterocycles. The fraction of sp³-hybridized carbons (Fsp3) is 0.467. The van der Waals surface area contributed by atoms with Crippen LogP contribution in [0.5, 0.6) is 0 Å². The molecule has 5 heteroatoms. The summed E-state index contributed by atoms with van der Waals surface area (Å²) in [6.07, 6.45) is 3.85. The van der Waals surface area contributed by atoms with E-state index in [1.54, 1.807) is 18.5 Å². The van der Waals surface area contributed by atoms with Crippen LogP contribution in [-0.4, -0.2) is 33.3 Å². The van der Waals surface area contributed by atoms with Crippen molar-refractivity contribution < 1.29 is 14.6 Å². The van der Waals surface area contributed by atoms with Gasteiger partial charge in [0.05, 0.1) is 29.0 Å². The molecular weight excluding hydrogens is 256 g/mol. The van der Waals surface area contributed by atoms with Gasteiger partial charge in [0.15, 0.2) is 0 Å². The Labute approximate surface area is 118 Å². The third-order valence-electron chi connectivity index (χ3n) is 3.11. The predicted molar refractivity (Wildman–Crippen MR) is 77.0 cm³/mol. The number of fused-ring (bicyclic) bond motifs is 1. The van der Waals surface area contributed by atoms with Gasteiger partial charge in [-0.25, -0.2) is 9.78 Å². The number of aryl methyl sites for hydroxylation is 1. The largest absolute Gasteiger partial charge is 0.478 e. The number of aromatic carboxylic acids is 1. The maximum absolute atomic E-state index is 11.3. The number of carboxylic acid groups (broad SMARTS) is 1. The van der Waals surface area contributed by atoms with Crippen molar-refractivity contribution in [2.24, 2.45) is 0 Å². The first-order valence-electron chi connectivity index (χ1n) is 6.88. The number of carboxylic acids is 1. The highest BCUT2D eigenvalue weighted by Crippen LogP contribution is 2.18. The van der Waals surface area contributed by atoms with Gasteiger partial charge < -0.3 is 14.4 Å². The highest BCUT2D eigenvalue weighted by Gasteiger charge is 2.12. The molecule has 0 bridgehead atoms. The molecule has 0 radical (unpaired) electrons. The fourth-order valence-electron chi connectivity index (χ4n) is 2.17. The Hall–Kier alpha value is -1.88. The first kappa shape index (κ1) is 14.5. The number of carbonyl (C=O) groups is 1. The van der Waals surface area contributed by atoms with E-state index in [2.05, 4.69) is 4.98 Å². The Morgan fingerprint density at radius 2 is 2.20 bits per heavy atom. The summed E-state index contributed by atoms with van der Waals surface area (Å²) in [7, 11) is 0. The number of benzene rings is 1. The summed E-state index contributed by atoms with van der Waals surface area (Å²) < 4.78 is 7.40. The summed E-state index contributed by atoms with van der Waals surface area (Å²) in [6, 6.07) is 5.17. The molecule has 0 atom stereocenters. The third-order valence-corrected chi connectivity index (χ3v) is 3.11. The minimum Gasteiger partial charge on any atom is -0.478 e. The van der Waals surface area contributed by atoms with Gasteiger partial charge in [0.2, 0.25) is 0 Å². The Morgan fingerprint density at radius 1 is 1.40 bits per heavy atom. The smallest absolute Gasteiger partial charge is 0.337 e. The van der Waals surface area contributed by atoms with E-state index in [9.17, 15) is 9.90 Å². The Kier molecular flexibility index (Phi) is 4.74. The van der Waals surface area contributed by atoms with Crippen molar-refractivity contribution in [1.82, 2.24) is 9.55 Å². The van der Waals surface area contributed by atoms with Crippen LogP contribution in [0.25, 0.3) is 11.0 Å². The molecule has 1 heterocycles. The Balaban J connectivity index is 2.05. The SMILES string of the molecule is CC(C)OCCCCn1cnc2cccc(C(=O)O)c21. The number of unbranched alkanes of at least 4 members (excludes halogenated alkanes) is 1. The third kappa shape index (κ3) is 3.36. The maximum Gasteiger partial charge on any atom is 0.337 e. The molecule has 0 fully saturated rings. The van der Waals surface area contributed by atoms with E-state index in [-0.39, 0.29) is 6.10 Å². The Bertz CT molecular complexity index is 590. The monoisotopic (exact) mass is 276 g/mol. The molecule has 108 valence electrons. The molecular formula is C15H20N2O3. The van der Waals surface area contributed by atoms with E-state index in [4.69, 9.17) is 4.74 Å². The lowest BCUT2D eigenvalue weighted by Crippen LogP contribution is -2.06. The molecule has 0 aliphatic carbocycles. The van der Waals surface area contributed by atoms with Gasteiger partial charge in [0.25, 0.3) is 0 Å². The van der Waals surface area contributed by atoms with E-state index < -0.39 is 5.97 Å². The van der Waals surface area contributed by atoms with Gasteiger partial charge in [-0.15, -0.1) is 0 Å². The van der Waals surface area contributed by atoms with Gasteiger partial charge in [0.1, 0.15) is 0 Å². The summed E-state index contributed by atoms with van der Waals surface area (Å²) in [6.45, 7) is 5.52. The molecule has 5 nitrogen and oxygen atoms in total. The van der Waals surface area contributed by atoms with Crippen molar-refractivity contribution in [3.05, 3.63) is 30.1 Å². The molecule has 0 amide bonds. The molecule has 0 saturated heterocycles. The average molecular weight is 276 g/mol. The summed E-state index contributed by atoms with van der Waals surface area (Å²) in [5.41, 5.74) is 1.73. The number of hydrogen-bond donors (Lipinski definition) is 1. The molecule has 0 spiro atoms. The number of hydrogen-bond acceptors (Lipinski definition) is 3. The predicted octanol–water partition coefficient (Wildman–Crippen LogP) is 2.94. The Morgan fingerprint density at radius 3 is 2.90 bits per heavy atom. The van der Waals surface area contributed by atoms with Gasteiger partial charge in [-0.1, -0.05) is 6.07 Å². The van der Waals surface area contributed by atoms with Gasteiger partial charge in [-0.05, 0) is 38.8 Å². The quantitative estimate of drug-likeness (QED) is 0.790. The van der Waals surface area contributed by atoms with Gasteiger partial charge >= 0.3 is 5.97 Å². The van der Waals surface area contributed by atoms with Crippen LogP contribution in [0.1, 0.15) is 37.0 Å². The van der Waals surface area contributed by atoms with E-state index in [0.29, 0.717) is 11.1 Å². The summed E-state index contributed by atoms with van der Waals surface area (Å²) in [5, 5.41) is 9.24. The number of aromatic nitrogens is 2. The second-order valence-corrected chi connectivity index (χ2v) is 5.04. The number of nitrogens with zero attached hydrogens (tertiary/aromatic N) is 2.